The number of likely N-dealkylation sites (N-methyl/N-ethyl adjacent to an activating group) is 2. The van der Waals surface area contributed by atoms with Gasteiger partial charge in [-0.25, -0.2) is 8.42 Å². The van der Waals surface area contributed by atoms with E-state index in [0.29, 0.717) is 19.6 Å². The smallest absolute Gasteiger partial charge is 0.257 e. The predicted octanol–water partition coefficient (Wildman–Crippen LogP) is 1.47. The van der Waals surface area contributed by atoms with E-state index < -0.39 is 10.0 Å². The largest absolute Gasteiger partial charge is 0.482 e. The Hall–Kier alpha value is -2.46. The first-order valence-electron chi connectivity index (χ1n) is 11.3. The van der Waals surface area contributed by atoms with Gasteiger partial charge in [-0.2, -0.15) is 4.31 Å². The molecular weight excluding hydrogens is 440 g/mol. The minimum atomic E-state index is -3.71. The van der Waals surface area contributed by atoms with Crippen molar-refractivity contribution in [3.05, 3.63) is 59.7 Å². The second kappa shape index (κ2) is 12.1. The van der Waals surface area contributed by atoms with Gasteiger partial charge in [0.05, 0.1) is 0 Å². The van der Waals surface area contributed by atoms with E-state index in [1.165, 1.54) is 28.5 Å². The van der Waals surface area contributed by atoms with Crippen LogP contribution >= 0.6 is 0 Å². The summed E-state index contributed by atoms with van der Waals surface area (Å²) in [4.78, 5) is 14.7. The molecule has 0 fully saturated rings. The third kappa shape index (κ3) is 7.01. The van der Waals surface area contributed by atoms with E-state index in [9.17, 15) is 13.2 Å². The molecule has 1 aliphatic heterocycles. The molecule has 9 heteroatoms. The van der Waals surface area contributed by atoms with Gasteiger partial charge in [0.15, 0.2) is 6.61 Å². The fourth-order valence-corrected chi connectivity index (χ4v) is 5.11. The fourth-order valence-electron chi connectivity index (χ4n) is 3.81. The highest BCUT2D eigenvalue weighted by Crippen LogP contribution is 2.25. The second-order valence-electron chi connectivity index (χ2n) is 8.16. The average molecular weight is 475 g/mol. The summed E-state index contributed by atoms with van der Waals surface area (Å²) in [5.41, 5.74) is 2.81. The molecule has 0 atom stereocenters. The van der Waals surface area contributed by atoms with Gasteiger partial charge in [0.2, 0.25) is 10.0 Å². The minimum Gasteiger partial charge on any atom is -0.482 e. The standard InChI is InChI=1S/C24H34N4O4S/c1-25-14-17-27(2)33(30,31)23-11-6-5-10-22(23)32-19-24(29)26-13-7-15-28-16-12-20-8-3-4-9-21(20)18-28/h3-6,8-11,25H,7,12-19H2,1-2H3,(H,26,29). The molecule has 1 heterocycles. The zero-order valence-electron chi connectivity index (χ0n) is 19.4. The van der Waals surface area contributed by atoms with Crippen LogP contribution in [0.25, 0.3) is 0 Å². The van der Waals surface area contributed by atoms with Crippen LogP contribution in [0.1, 0.15) is 17.5 Å². The number of hydrogen-bond donors (Lipinski definition) is 2. The van der Waals surface area contributed by atoms with E-state index in [4.69, 9.17) is 4.74 Å². The second-order valence-corrected chi connectivity index (χ2v) is 10.2. The molecule has 0 saturated carbocycles. The van der Waals surface area contributed by atoms with Crippen LogP contribution in [0.5, 0.6) is 5.75 Å². The summed E-state index contributed by atoms with van der Waals surface area (Å²) in [5.74, 6) is -0.0920. The van der Waals surface area contributed by atoms with E-state index in [1.807, 2.05) is 0 Å². The van der Waals surface area contributed by atoms with Gasteiger partial charge in [0, 0.05) is 46.3 Å². The molecule has 8 nitrogen and oxygen atoms in total. The van der Waals surface area contributed by atoms with Gasteiger partial charge in [-0.3, -0.25) is 9.69 Å². The van der Waals surface area contributed by atoms with Gasteiger partial charge in [-0.05, 0) is 43.1 Å². The first-order chi connectivity index (χ1) is 15.9. The van der Waals surface area contributed by atoms with E-state index in [-0.39, 0.29) is 23.2 Å². The Balaban J connectivity index is 1.43. The van der Waals surface area contributed by atoms with Gasteiger partial charge in [0.1, 0.15) is 10.6 Å². The molecule has 180 valence electrons. The number of hydrogen-bond acceptors (Lipinski definition) is 6. The highest BCUT2D eigenvalue weighted by atomic mass is 32.2. The SMILES string of the molecule is CNCCN(C)S(=O)(=O)c1ccccc1OCC(=O)NCCCN1CCc2ccccc2C1. The third-order valence-corrected chi connectivity index (χ3v) is 7.65. The molecule has 0 aromatic heterocycles. The number of ether oxygens (including phenoxy) is 1. The van der Waals surface area contributed by atoms with Crippen molar-refractivity contribution in [2.24, 2.45) is 0 Å². The normalized spacial score (nSPS) is 14.2. The third-order valence-electron chi connectivity index (χ3n) is 5.76. The Labute approximate surface area is 197 Å². The van der Waals surface area contributed by atoms with Crippen LogP contribution in [0.2, 0.25) is 0 Å². The lowest BCUT2D eigenvalue weighted by Crippen LogP contribution is -2.35. The monoisotopic (exact) mass is 474 g/mol. The maximum Gasteiger partial charge on any atom is 0.257 e. The van der Waals surface area contributed by atoms with Crippen LogP contribution in [0.15, 0.2) is 53.4 Å². The topological polar surface area (TPSA) is 91.0 Å². The van der Waals surface area contributed by atoms with Crippen molar-refractivity contribution in [2.45, 2.75) is 24.3 Å². The molecule has 1 aliphatic rings. The molecule has 0 unspecified atom stereocenters. The van der Waals surface area contributed by atoms with Crippen molar-refractivity contribution < 1.29 is 17.9 Å². The highest BCUT2D eigenvalue weighted by Gasteiger charge is 2.24. The maximum absolute atomic E-state index is 12.9. The van der Waals surface area contributed by atoms with E-state index >= 15 is 0 Å². The van der Waals surface area contributed by atoms with Crippen LogP contribution in [0.3, 0.4) is 0 Å². The summed E-state index contributed by atoms with van der Waals surface area (Å²) in [5, 5.41) is 5.79. The molecule has 0 bridgehead atoms. The number of fused-ring (bicyclic) bond motifs is 1. The quantitative estimate of drug-likeness (QED) is 0.453. The summed E-state index contributed by atoms with van der Waals surface area (Å²) in [6.07, 6.45) is 1.90. The van der Waals surface area contributed by atoms with E-state index in [1.54, 1.807) is 25.2 Å². The summed E-state index contributed by atoms with van der Waals surface area (Å²) in [6.45, 7) is 4.07. The Morgan fingerprint density at radius 2 is 1.82 bits per heavy atom. The lowest BCUT2D eigenvalue weighted by molar-refractivity contribution is -0.123. The van der Waals surface area contributed by atoms with Crippen molar-refractivity contribution in [3.8, 4) is 5.75 Å². The van der Waals surface area contributed by atoms with Crippen LogP contribution < -0.4 is 15.4 Å². The van der Waals surface area contributed by atoms with Gasteiger partial charge in [0.25, 0.3) is 5.91 Å². The predicted molar refractivity (Wildman–Crippen MR) is 129 cm³/mol. The molecule has 0 aliphatic carbocycles. The summed E-state index contributed by atoms with van der Waals surface area (Å²) in [7, 11) is -0.423. The number of carbonyl (C=O) groups is 1. The van der Waals surface area contributed by atoms with Crippen LogP contribution in [-0.2, 0) is 27.8 Å². The zero-order chi connectivity index (χ0) is 23.7. The molecule has 33 heavy (non-hydrogen) atoms. The Morgan fingerprint density at radius 1 is 1.09 bits per heavy atom. The Bertz CT molecular complexity index is 1030. The first-order valence-corrected chi connectivity index (χ1v) is 12.7. The van der Waals surface area contributed by atoms with E-state index in [2.05, 4.69) is 39.8 Å². The van der Waals surface area contributed by atoms with Crippen molar-refractivity contribution in [2.75, 3.05) is 53.4 Å². The zero-order valence-corrected chi connectivity index (χ0v) is 20.2. The number of para-hydroxylation sites is 1. The molecule has 0 saturated heterocycles. The Morgan fingerprint density at radius 3 is 2.61 bits per heavy atom. The van der Waals surface area contributed by atoms with E-state index in [0.717, 1.165) is 32.5 Å². The number of carbonyl (C=O) groups excluding carboxylic acids is 1. The van der Waals surface area contributed by atoms with Crippen molar-refractivity contribution in [1.29, 1.82) is 0 Å². The molecule has 2 N–H and O–H groups in total. The van der Waals surface area contributed by atoms with Crippen molar-refractivity contribution >= 4 is 15.9 Å². The highest BCUT2D eigenvalue weighted by molar-refractivity contribution is 7.89. The molecule has 2 aromatic carbocycles. The molecule has 0 spiro atoms. The Kier molecular flexibility index (Phi) is 9.25. The van der Waals surface area contributed by atoms with Gasteiger partial charge >= 0.3 is 0 Å². The lowest BCUT2D eigenvalue weighted by Gasteiger charge is -2.28. The number of nitrogens with zero attached hydrogens (tertiary/aromatic N) is 2. The summed E-state index contributed by atoms with van der Waals surface area (Å²) >= 11 is 0. The fraction of sp³-hybridized carbons (Fsp3) is 0.458. The minimum absolute atomic E-state index is 0.0572. The first kappa shape index (κ1) is 25.2. The van der Waals surface area contributed by atoms with Gasteiger partial charge in [-0.1, -0.05) is 36.4 Å². The summed E-state index contributed by atoms with van der Waals surface area (Å²) < 4.78 is 32.6. The van der Waals surface area contributed by atoms with Crippen molar-refractivity contribution in [1.82, 2.24) is 19.8 Å². The molecule has 0 radical (unpaired) electrons. The summed E-state index contributed by atoms with van der Waals surface area (Å²) in [6, 6.07) is 14.9. The number of nitrogens with one attached hydrogen (secondary N) is 2. The molecule has 1 amide bonds. The average Bonchev–Trinajstić information content (AvgIpc) is 2.83. The maximum atomic E-state index is 12.9. The van der Waals surface area contributed by atoms with Gasteiger partial charge < -0.3 is 15.4 Å². The van der Waals surface area contributed by atoms with Crippen LogP contribution in [0, 0.1) is 0 Å². The lowest BCUT2D eigenvalue weighted by atomic mass is 10.00. The number of benzene rings is 2. The van der Waals surface area contributed by atoms with Crippen molar-refractivity contribution in [3.63, 3.8) is 0 Å². The molecular formula is C24H34N4O4S. The van der Waals surface area contributed by atoms with Crippen LogP contribution in [-0.4, -0.2) is 77.0 Å². The van der Waals surface area contributed by atoms with Crippen LogP contribution in [0.4, 0.5) is 0 Å². The molecule has 3 rings (SSSR count). The number of amides is 1. The van der Waals surface area contributed by atoms with Gasteiger partial charge in [-0.15, -0.1) is 0 Å². The number of rotatable bonds is 12. The molecule has 2 aromatic rings. The number of sulfonamides is 1.